The molecule has 10 heteroatoms. The standard InChI is InChI=1S/C15H17N5O3S2/c1-9(12-16-17-13(23-12)11-5-3-7-24-11)25-15-19-18-14(21)20(15)8-10-4-2-6-22-10/h3,5,7,9-10H,2,4,6,8H2,1H3,(H,18,21). The highest BCUT2D eigenvalue weighted by molar-refractivity contribution is 7.99. The molecule has 0 bridgehead atoms. The summed E-state index contributed by atoms with van der Waals surface area (Å²) in [7, 11) is 0. The molecule has 4 heterocycles. The van der Waals surface area contributed by atoms with Gasteiger partial charge in [0.05, 0.1) is 22.8 Å². The van der Waals surface area contributed by atoms with Crippen LogP contribution in [0.15, 0.2) is 31.9 Å². The van der Waals surface area contributed by atoms with Crippen molar-refractivity contribution in [2.24, 2.45) is 0 Å². The van der Waals surface area contributed by atoms with E-state index in [1.165, 1.54) is 11.8 Å². The fourth-order valence-electron chi connectivity index (χ4n) is 2.65. The van der Waals surface area contributed by atoms with E-state index in [0.717, 1.165) is 24.3 Å². The van der Waals surface area contributed by atoms with Crippen molar-refractivity contribution in [2.45, 2.75) is 42.8 Å². The first-order chi connectivity index (χ1) is 12.2. The zero-order chi connectivity index (χ0) is 17.2. The summed E-state index contributed by atoms with van der Waals surface area (Å²) >= 11 is 2.96. The third-order valence-electron chi connectivity index (χ3n) is 3.94. The SMILES string of the molecule is CC(Sc1n[nH]c(=O)n1CC1CCCO1)c1nnc(-c2cccs2)o1. The van der Waals surface area contributed by atoms with Gasteiger partial charge in [-0.05, 0) is 31.2 Å². The van der Waals surface area contributed by atoms with Crippen LogP contribution in [-0.4, -0.2) is 37.7 Å². The van der Waals surface area contributed by atoms with Crippen molar-refractivity contribution in [1.82, 2.24) is 25.0 Å². The monoisotopic (exact) mass is 379 g/mol. The number of thiophene rings is 1. The second kappa shape index (κ2) is 7.14. The van der Waals surface area contributed by atoms with Crippen molar-refractivity contribution in [2.75, 3.05) is 6.61 Å². The van der Waals surface area contributed by atoms with Gasteiger partial charge in [0.1, 0.15) is 0 Å². The molecule has 1 N–H and O–H groups in total. The van der Waals surface area contributed by atoms with E-state index in [4.69, 9.17) is 9.15 Å². The molecule has 0 amide bonds. The fraction of sp³-hybridized carbons (Fsp3) is 0.467. The Hall–Kier alpha value is -1.91. The second-order valence-electron chi connectivity index (χ2n) is 5.74. The van der Waals surface area contributed by atoms with Crippen molar-refractivity contribution >= 4 is 23.1 Å². The Morgan fingerprint density at radius 1 is 1.52 bits per heavy atom. The predicted octanol–water partition coefficient (Wildman–Crippen LogP) is 2.72. The third kappa shape index (κ3) is 3.55. The van der Waals surface area contributed by atoms with E-state index >= 15 is 0 Å². The molecule has 1 fully saturated rings. The van der Waals surface area contributed by atoms with Crippen molar-refractivity contribution in [3.63, 3.8) is 0 Å². The lowest BCUT2D eigenvalue weighted by Gasteiger charge is -2.12. The molecule has 0 spiro atoms. The number of rotatable bonds is 6. The summed E-state index contributed by atoms with van der Waals surface area (Å²) in [5, 5.41) is 17.3. The van der Waals surface area contributed by atoms with E-state index in [-0.39, 0.29) is 17.0 Å². The molecule has 25 heavy (non-hydrogen) atoms. The molecule has 1 aliphatic heterocycles. The van der Waals surface area contributed by atoms with Gasteiger partial charge in [-0.3, -0.25) is 4.57 Å². The number of thioether (sulfide) groups is 1. The molecule has 0 aromatic carbocycles. The highest BCUT2D eigenvalue weighted by Gasteiger charge is 2.23. The van der Waals surface area contributed by atoms with Crippen LogP contribution in [0.1, 0.15) is 30.9 Å². The van der Waals surface area contributed by atoms with Crippen LogP contribution < -0.4 is 5.69 Å². The van der Waals surface area contributed by atoms with Crippen molar-refractivity contribution in [1.29, 1.82) is 0 Å². The number of hydrogen-bond donors (Lipinski definition) is 1. The molecule has 2 atom stereocenters. The Bertz CT molecular complexity index is 879. The number of aromatic nitrogens is 5. The number of nitrogens with one attached hydrogen (secondary N) is 1. The molecule has 0 radical (unpaired) electrons. The van der Waals surface area contributed by atoms with Crippen molar-refractivity contribution < 1.29 is 9.15 Å². The van der Waals surface area contributed by atoms with Crippen LogP contribution in [0.5, 0.6) is 0 Å². The first-order valence-electron chi connectivity index (χ1n) is 8.01. The summed E-state index contributed by atoms with van der Waals surface area (Å²) in [4.78, 5) is 13.0. The van der Waals surface area contributed by atoms with Gasteiger partial charge in [-0.2, -0.15) is 0 Å². The van der Waals surface area contributed by atoms with Gasteiger partial charge in [0.2, 0.25) is 5.89 Å². The molecule has 4 rings (SSSR count). The average Bonchev–Trinajstić information content (AvgIpc) is 3.37. The lowest BCUT2D eigenvalue weighted by atomic mass is 10.2. The first-order valence-corrected chi connectivity index (χ1v) is 9.77. The Labute approximate surface area is 151 Å². The normalized spacial score (nSPS) is 18.7. The Morgan fingerprint density at radius 3 is 3.20 bits per heavy atom. The van der Waals surface area contributed by atoms with Gasteiger partial charge in [0, 0.05) is 6.61 Å². The van der Waals surface area contributed by atoms with Crippen LogP contribution in [0.25, 0.3) is 10.8 Å². The maximum absolute atomic E-state index is 12.0. The van der Waals surface area contributed by atoms with Crippen LogP contribution in [-0.2, 0) is 11.3 Å². The van der Waals surface area contributed by atoms with Crippen LogP contribution in [0.3, 0.4) is 0 Å². The summed E-state index contributed by atoms with van der Waals surface area (Å²) in [6.07, 6.45) is 2.06. The van der Waals surface area contributed by atoms with Crippen LogP contribution in [0.2, 0.25) is 0 Å². The summed E-state index contributed by atoms with van der Waals surface area (Å²) in [6, 6.07) is 3.88. The summed E-state index contributed by atoms with van der Waals surface area (Å²) in [6.45, 7) is 3.21. The van der Waals surface area contributed by atoms with Gasteiger partial charge >= 0.3 is 5.69 Å². The van der Waals surface area contributed by atoms with E-state index in [9.17, 15) is 4.79 Å². The fourth-order valence-corrected chi connectivity index (χ4v) is 4.19. The molecule has 3 aromatic rings. The van der Waals surface area contributed by atoms with Crippen molar-refractivity contribution in [3.05, 3.63) is 33.9 Å². The minimum atomic E-state index is -0.227. The van der Waals surface area contributed by atoms with E-state index in [1.54, 1.807) is 15.9 Å². The average molecular weight is 379 g/mol. The number of nitrogens with zero attached hydrogens (tertiary/aromatic N) is 4. The number of hydrogen-bond acceptors (Lipinski definition) is 8. The summed E-state index contributed by atoms with van der Waals surface area (Å²) in [5.74, 6) is 1.02. The Kier molecular flexibility index (Phi) is 4.73. The highest BCUT2D eigenvalue weighted by atomic mass is 32.2. The topological polar surface area (TPSA) is 98.8 Å². The first kappa shape index (κ1) is 16.6. The Balaban J connectivity index is 1.49. The number of ether oxygens (including phenoxy) is 1. The van der Waals surface area contributed by atoms with E-state index < -0.39 is 0 Å². The van der Waals surface area contributed by atoms with Crippen LogP contribution in [0.4, 0.5) is 0 Å². The maximum Gasteiger partial charge on any atom is 0.344 e. The Morgan fingerprint density at radius 2 is 2.44 bits per heavy atom. The summed E-state index contributed by atoms with van der Waals surface area (Å²) < 4.78 is 13.0. The zero-order valence-electron chi connectivity index (χ0n) is 13.5. The second-order valence-corrected chi connectivity index (χ2v) is 8.00. The van der Waals surface area contributed by atoms with Gasteiger partial charge in [0.15, 0.2) is 5.16 Å². The molecule has 8 nitrogen and oxygen atoms in total. The molecule has 1 aliphatic rings. The van der Waals surface area contributed by atoms with Crippen molar-refractivity contribution in [3.8, 4) is 10.8 Å². The van der Waals surface area contributed by atoms with E-state index in [1.807, 2.05) is 24.4 Å². The molecular formula is C15H17N5O3S2. The molecule has 1 saturated heterocycles. The number of H-pyrrole nitrogens is 1. The lowest BCUT2D eigenvalue weighted by Crippen LogP contribution is -2.25. The van der Waals surface area contributed by atoms with Crippen LogP contribution in [0, 0.1) is 0 Å². The maximum atomic E-state index is 12.0. The smallest absolute Gasteiger partial charge is 0.344 e. The van der Waals surface area contributed by atoms with E-state index in [0.29, 0.717) is 23.5 Å². The molecule has 0 saturated carbocycles. The number of aromatic amines is 1. The predicted molar refractivity (Wildman–Crippen MR) is 93.7 cm³/mol. The molecular weight excluding hydrogens is 362 g/mol. The lowest BCUT2D eigenvalue weighted by molar-refractivity contribution is 0.0941. The minimum absolute atomic E-state index is 0.0683. The third-order valence-corrected chi connectivity index (χ3v) is 5.87. The molecule has 132 valence electrons. The largest absolute Gasteiger partial charge is 0.419 e. The van der Waals surface area contributed by atoms with Gasteiger partial charge in [-0.25, -0.2) is 9.89 Å². The van der Waals surface area contributed by atoms with Gasteiger partial charge in [-0.1, -0.05) is 17.8 Å². The van der Waals surface area contributed by atoms with Gasteiger partial charge in [0.25, 0.3) is 5.89 Å². The highest BCUT2D eigenvalue weighted by Crippen LogP contribution is 2.34. The summed E-state index contributed by atoms with van der Waals surface area (Å²) in [5.41, 5.74) is -0.227. The van der Waals surface area contributed by atoms with Crippen LogP contribution >= 0.6 is 23.1 Å². The minimum Gasteiger partial charge on any atom is -0.419 e. The molecule has 0 aliphatic carbocycles. The van der Waals surface area contributed by atoms with Gasteiger partial charge in [-0.15, -0.1) is 26.6 Å². The van der Waals surface area contributed by atoms with Gasteiger partial charge < -0.3 is 9.15 Å². The molecule has 2 unspecified atom stereocenters. The molecule has 3 aromatic heterocycles. The quantitative estimate of drug-likeness (QED) is 0.657. The zero-order valence-corrected chi connectivity index (χ0v) is 15.2. The van der Waals surface area contributed by atoms with E-state index in [2.05, 4.69) is 20.4 Å².